The third-order valence-electron chi connectivity index (χ3n) is 6.22. The minimum absolute atomic E-state index is 0.00841. The Morgan fingerprint density at radius 3 is 2.66 bits per heavy atom. The minimum atomic E-state index is -0.503. The van der Waals surface area contributed by atoms with Crippen molar-refractivity contribution in [2.45, 2.75) is 44.1 Å². The van der Waals surface area contributed by atoms with Gasteiger partial charge in [-0.3, -0.25) is 24.0 Å². The molecule has 0 spiro atoms. The first-order valence-electron chi connectivity index (χ1n) is 10.3. The van der Waals surface area contributed by atoms with E-state index in [1.165, 1.54) is 28.9 Å². The van der Waals surface area contributed by atoms with E-state index in [-0.39, 0.29) is 23.4 Å². The average Bonchev–Trinajstić information content (AvgIpc) is 3.38. The van der Waals surface area contributed by atoms with Gasteiger partial charge in [-0.25, -0.2) is 9.78 Å². The van der Waals surface area contributed by atoms with Crippen molar-refractivity contribution in [3.05, 3.63) is 26.7 Å². The highest BCUT2D eigenvalue weighted by Crippen LogP contribution is 2.36. The van der Waals surface area contributed by atoms with Crippen LogP contribution in [0.15, 0.2) is 9.59 Å². The van der Waals surface area contributed by atoms with Crippen molar-refractivity contribution in [1.29, 1.82) is 0 Å². The van der Waals surface area contributed by atoms with Crippen LogP contribution in [0.5, 0.6) is 0 Å². The third-order valence-corrected chi connectivity index (χ3v) is 7.17. The maximum Gasteiger partial charge on any atom is 0.329 e. The van der Waals surface area contributed by atoms with E-state index < -0.39 is 11.2 Å². The van der Waals surface area contributed by atoms with Crippen molar-refractivity contribution in [1.82, 2.24) is 29.7 Å². The number of aryl methyl sites for hydroxylation is 2. The molecule has 1 aliphatic carbocycles. The molecule has 2 aromatic heterocycles. The lowest BCUT2D eigenvalue weighted by Crippen LogP contribution is -2.56. The van der Waals surface area contributed by atoms with Crippen molar-refractivity contribution in [3.8, 4) is 0 Å². The first kappa shape index (κ1) is 20.2. The number of H-pyrrole nitrogens is 2. The Morgan fingerprint density at radius 2 is 1.93 bits per heavy atom. The van der Waals surface area contributed by atoms with Crippen LogP contribution in [-0.2, 0) is 18.3 Å². The van der Waals surface area contributed by atoms with Gasteiger partial charge in [-0.1, -0.05) is 12.8 Å². The van der Waals surface area contributed by atoms with Crippen molar-refractivity contribution < 1.29 is 4.79 Å². The van der Waals surface area contributed by atoms with E-state index in [1.807, 2.05) is 11.8 Å². The van der Waals surface area contributed by atoms with E-state index >= 15 is 0 Å². The van der Waals surface area contributed by atoms with Gasteiger partial charge in [-0.05, 0) is 12.8 Å². The second-order valence-corrected chi connectivity index (χ2v) is 9.23. The lowest BCUT2D eigenvalue weighted by Gasteiger charge is -2.43. The zero-order valence-electron chi connectivity index (χ0n) is 16.8. The molecule has 3 N–H and O–H groups in total. The Labute approximate surface area is 172 Å². The fourth-order valence-electron chi connectivity index (χ4n) is 4.53. The molecule has 0 unspecified atom stereocenters. The molecule has 10 heteroatoms. The molecule has 1 saturated carbocycles. The highest BCUT2D eigenvalue weighted by molar-refractivity contribution is 7.99. The number of carbonyl (C=O) groups excluding carboxylic acids is 1. The number of aromatic amines is 2. The number of hydrogen-bond acceptors (Lipinski definition) is 6. The number of carbonyl (C=O) groups is 1. The van der Waals surface area contributed by atoms with Crippen molar-refractivity contribution in [2.75, 3.05) is 31.1 Å². The predicted octanol–water partition coefficient (Wildman–Crippen LogP) is 0.360. The summed E-state index contributed by atoms with van der Waals surface area (Å²) in [5, 5.41) is 3.15. The number of hydrogen-bond donors (Lipinski definition) is 3. The summed E-state index contributed by atoms with van der Waals surface area (Å²) < 4.78 is 1.29. The number of rotatable bonds is 6. The predicted molar refractivity (Wildman–Crippen MR) is 113 cm³/mol. The molecule has 9 nitrogen and oxygen atoms in total. The van der Waals surface area contributed by atoms with Gasteiger partial charge in [0.1, 0.15) is 11.3 Å². The van der Waals surface area contributed by atoms with Crippen LogP contribution in [0.3, 0.4) is 0 Å². The smallest absolute Gasteiger partial charge is 0.329 e. The summed E-state index contributed by atoms with van der Waals surface area (Å²) in [6, 6.07) is 0. The number of imidazole rings is 1. The van der Waals surface area contributed by atoms with Crippen LogP contribution in [0.2, 0.25) is 0 Å². The number of fused-ring (bicyclic) bond motifs is 1. The summed E-state index contributed by atoms with van der Waals surface area (Å²) in [7, 11) is 1.55. The van der Waals surface area contributed by atoms with Gasteiger partial charge in [-0.15, -0.1) is 0 Å². The van der Waals surface area contributed by atoms with Gasteiger partial charge in [0.25, 0.3) is 5.56 Å². The molecule has 0 bridgehead atoms. The fraction of sp³-hybridized carbons (Fsp3) is 0.684. The largest absolute Gasteiger partial charge is 0.354 e. The molecule has 0 aromatic carbocycles. The Hall–Kier alpha value is -2.07. The Bertz CT molecular complexity index is 998. The van der Waals surface area contributed by atoms with E-state index in [0.717, 1.165) is 25.9 Å². The van der Waals surface area contributed by atoms with Gasteiger partial charge in [-0.2, -0.15) is 11.8 Å². The van der Waals surface area contributed by atoms with Crippen molar-refractivity contribution in [3.63, 3.8) is 0 Å². The summed E-state index contributed by atoms with van der Waals surface area (Å²) >= 11 is 2.01. The summed E-state index contributed by atoms with van der Waals surface area (Å²) in [4.78, 5) is 48.2. The van der Waals surface area contributed by atoms with Crippen molar-refractivity contribution in [2.24, 2.45) is 7.05 Å². The van der Waals surface area contributed by atoms with Crippen LogP contribution in [0.1, 0.15) is 37.9 Å². The summed E-state index contributed by atoms with van der Waals surface area (Å²) in [6.07, 6.45) is 5.44. The molecule has 1 saturated heterocycles. The second kappa shape index (κ2) is 8.35. The SMILES string of the molecule is Cn1c(=O)[nH]c(=O)c2[nH]c(CCC(=O)NCC3(N4CCSCC4)CCCC3)nc21. The molecule has 29 heavy (non-hydrogen) atoms. The molecule has 158 valence electrons. The third kappa shape index (κ3) is 4.13. The molecule has 2 aliphatic rings. The molecule has 1 aliphatic heterocycles. The Balaban J connectivity index is 1.37. The number of aromatic nitrogens is 4. The fourth-order valence-corrected chi connectivity index (χ4v) is 5.43. The van der Waals surface area contributed by atoms with E-state index in [4.69, 9.17) is 0 Å². The lowest BCUT2D eigenvalue weighted by molar-refractivity contribution is -0.121. The maximum atomic E-state index is 12.5. The first-order valence-corrected chi connectivity index (χ1v) is 11.4. The van der Waals surface area contributed by atoms with E-state index in [1.54, 1.807) is 7.05 Å². The van der Waals surface area contributed by atoms with Crippen LogP contribution >= 0.6 is 11.8 Å². The number of nitrogens with zero attached hydrogens (tertiary/aromatic N) is 3. The molecule has 2 fully saturated rings. The van der Waals surface area contributed by atoms with Crippen molar-refractivity contribution >= 4 is 28.8 Å². The minimum Gasteiger partial charge on any atom is -0.354 e. The molecular formula is C19H28N6O3S. The van der Waals surface area contributed by atoms with Gasteiger partial charge in [0.15, 0.2) is 5.65 Å². The Morgan fingerprint density at radius 1 is 1.21 bits per heavy atom. The van der Waals surface area contributed by atoms with Crippen LogP contribution in [-0.4, -0.2) is 67.0 Å². The van der Waals surface area contributed by atoms with Crippen LogP contribution in [0, 0.1) is 0 Å². The normalized spacial score (nSPS) is 19.6. The summed E-state index contributed by atoms with van der Waals surface area (Å²) in [5.41, 5.74) is -0.315. The van der Waals surface area contributed by atoms with Crippen LogP contribution in [0.4, 0.5) is 0 Å². The van der Waals surface area contributed by atoms with Crippen LogP contribution < -0.4 is 16.6 Å². The second-order valence-electron chi connectivity index (χ2n) is 8.01. The highest BCUT2D eigenvalue weighted by Gasteiger charge is 2.40. The molecule has 3 heterocycles. The van der Waals surface area contributed by atoms with E-state index in [2.05, 4.69) is 25.2 Å². The molecule has 2 aromatic rings. The number of thioether (sulfide) groups is 1. The van der Waals surface area contributed by atoms with Gasteiger partial charge in [0.2, 0.25) is 5.91 Å². The quantitative estimate of drug-likeness (QED) is 0.621. The zero-order valence-corrected chi connectivity index (χ0v) is 17.6. The van der Waals surface area contributed by atoms with Gasteiger partial charge >= 0.3 is 5.69 Å². The summed E-state index contributed by atoms with van der Waals surface area (Å²) in [5.74, 6) is 2.86. The lowest BCUT2D eigenvalue weighted by atomic mass is 9.94. The van der Waals surface area contributed by atoms with Gasteiger partial charge in [0.05, 0.1) is 0 Å². The van der Waals surface area contributed by atoms with Gasteiger partial charge < -0.3 is 10.3 Å². The Kier molecular flexibility index (Phi) is 5.82. The molecule has 0 radical (unpaired) electrons. The molecule has 1 amide bonds. The summed E-state index contributed by atoms with van der Waals surface area (Å²) in [6.45, 7) is 2.91. The number of amides is 1. The average molecular weight is 421 g/mol. The van der Waals surface area contributed by atoms with Crippen LogP contribution in [0.25, 0.3) is 11.2 Å². The van der Waals surface area contributed by atoms with Gasteiger partial charge in [0, 0.05) is 56.6 Å². The van der Waals surface area contributed by atoms with E-state index in [9.17, 15) is 14.4 Å². The molecular weight excluding hydrogens is 392 g/mol. The van der Waals surface area contributed by atoms with E-state index in [0.29, 0.717) is 24.4 Å². The number of nitrogens with one attached hydrogen (secondary N) is 3. The highest BCUT2D eigenvalue weighted by atomic mass is 32.2. The standard InChI is InChI=1S/C19H28N6O3S/c1-24-16-15(17(27)23-18(24)28)21-13(22-16)4-5-14(26)20-12-19(6-2-3-7-19)25-8-10-29-11-9-25/h2-12H2,1H3,(H,20,26)(H,21,22)(H,23,27,28). The monoisotopic (exact) mass is 420 g/mol. The topological polar surface area (TPSA) is 116 Å². The zero-order chi connectivity index (χ0) is 20.4. The first-order chi connectivity index (χ1) is 14.0. The molecule has 0 atom stereocenters. The maximum absolute atomic E-state index is 12.5. The molecule has 4 rings (SSSR count).